The Kier molecular flexibility index (Phi) is 10.1. The number of aromatic nitrogens is 5. The van der Waals surface area contributed by atoms with Gasteiger partial charge in [0.05, 0.1) is 35.4 Å². The first-order chi connectivity index (χ1) is 26.2. The molecule has 4 aromatic heterocycles. The second-order valence-corrected chi connectivity index (χ2v) is 16.0. The van der Waals surface area contributed by atoms with Gasteiger partial charge in [-0.1, -0.05) is 41.9 Å². The SMILES string of the molecule is COc1cc(-n2ccc3c(=O)n(CC4(O)CCN(C(=O)[C@@H]5CCN(Cc6cnc(-c7ccc(C)nc7)s6)C[C@H]5c5ccccc5)CC4)cnc32)ccc1Cl. The Morgan fingerprint density at radius 3 is 2.59 bits per heavy atom. The van der Waals surface area contributed by atoms with Gasteiger partial charge in [-0.25, -0.2) is 9.97 Å². The van der Waals surface area contributed by atoms with Crippen LogP contribution in [-0.2, 0) is 17.9 Å². The van der Waals surface area contributed by atoms with Crippen LogP contribution in [0.15, 0.2) is 96.4 Å². The van der Waals surface area contributed by atoms with Crippen molar-refractivity contribution in [3.63, 3.8) is 0 Å². The lowest BCUT2D eigenvalue weighted by Gasteiger charge is -2.43. The monoisotopic (exact) mass is 763 g/mol. The van der Waals surface area contributed by atoms with E-state index in [0.717, 1.165) is 53.6 Å². The molecule has 0 radical (unpaired) electrons. The average molecular weight is 764 g/mol. The topological polar surface area (TPSA) is 119 Å². The zero-order valence-corrected chi connectivity index (χ0v) is 31.8. The fourth-order valence-electron chi connectivity index (χ4n) is 7.85. The number of ether oxygens (including phenoxy) is 1. The lowest BCUT2D eigenvalue weighted by molar-refractivity contribution is -0.142. The summed E-state index contributed by atoms with van der Waals surface area (Å²) in [5, 5.41) is 13.6. The summed E-state index contributed by atoms with van der Waals surface area (Å²) in [7, 11) is 1.55. The lowest BCUT2D eigenvalue weighted by Crippen LogP contribution is -2.53. The smallest absolute Gasteiger partial charge is 0.262 e. The second-order valence-electron chi connectivity index (χ2n) is 14.4. The molecule has 2 saturated heterocycles. The standard InChI is InChI=1S/C41H42ClN7O4S/c1-27-8-9-29(21-43-27)38-44-22-31(54-38)23-46-16-12-32(34(24-46)28-6-4-3-5-7-28)39(50)47-18-14-41(52,15-19-47)25-48-26-45-37-33(40(48)51)13-17-49(37)30-10-11-35(42)36(20-30)53-2/h3-11,13,17,20-22,26,32,34,52H,12,14-16,18-19,23-25H2,1-2H3/t32-,34+/m1/s1. The molecule has 0 aliphatic carbocycles. The third kappa shape index (κ3) is 7.31. The number of likely N-dealkylation sites (tertiary alicyclic amines) is 2. The Balaban J connectivity index is 0.928. The summed E-state index contributed by atoms with van der Waals surface area (Å²) in [4.78, 5) is 47.1. The fourth-order valence-corrected chi connectivity index (χ4v) is 8.99. The van der Waals surface area contributed by atoms with Gasteiger partial charge < -0.3 is 19.3 Å². The molecule has 2 aliphatic heterocycles. The predicted molar refractivity (Wildman–Crippen MR) is 210 cm³/mol. The van der Waals surface area contributed by atoms with E-state index in [2.05, 4.69) is 38.1 Å². The number of aliphatic hydroxyl groups is 1. The number of pyridine rings is 1. The van der Waals surface area contributed by atoms with Crippen molar-refractivity contribution in [2.45, 2.75) is 50.8 Å². The van der Waals surface area contributed by atoms with E-state index in [0.29, 0.717) is 47.7 Å². The van der Waals surface area contributed by atoms with E-state index in [1.807, 2.05) is 59.1 Å². The molecule has 278 valence electrons. The number of amides is 1. The van der Waals surface area contributed by atoms with Crippen molar-refractivity contribution < 1.29 is 14.6 Å². The number of methoxy groups -OCH3 is 1. The van der Waals surface area contributed by atoms with Crippen LogP contribution in [-0.4, -0.2) is 83.8 Å². The van der Waals surface area contributed by atoms with Crippen molar-refractivity contribution in [2.24, 2.45) is 5.92 Å². The maximum atomic E-state index is 14.3. The van der Waals surface area contributed by atoms with E-state index < -0.39 is 5.60 Å². The molecule has 0 spiro atoms. The largest absolute Gasteiger partial charge is 0.495 e. The Morgan fingerprint density at radius 1 is 1.02 bits per heavy atom. The first-order valence-corrected chi connectivity index (χ1v) is 19.4. The van der Waals surface area contributed by atoms with Crippen molar-refractivity contribution in [3.8, 4) is 22.0 Å². The van der Waals surface area contributed by atoms with Gasteiger partial charge >= 0.3 is 0 Å². The van der Waals surface area contributed by atoms with Crippen molar-refractivity contribution in [1.82, 2.24) is 33.9 Å². The molecule has 6 aromatic rings. The van der Waals surface area contributed by atoms with E-state index in [1.54, 1.807) is 42.8 Å². The van der Waals surface area contributed by atoms with E-state index in [9.17, 15) is 14.7 Å². The molecule has 0 bridgehead atoms. The van der Waals surface area contributed by atoms with Crippen molar-refractivity contribution >= 4 is 39.9 Å². The van der Waals surface area contributed by atoms with Crippen LogP contribution in [0.2, 0.25) is 5.02 Å². The summed E-state index contributed by atoms with van der Waals surface area (Å²) in [6.45, 7) is 5.28. The molecule has 2 aliphatic rings. The maximum absolute atomic E-state index is 14.3. The van der Waals surface area contributed by atoms with Crippen LogP contribution in [0, 0.1) is 12.8 Å². The molecule has 1 amide bonds. The average Bonchev–Trinajstić information content (AvgIpc) is 3.85. The zero-order chi connectivity index (χ0) is 37.4. The predicted octanol–water partition coefficient (Wildman–Crippen LogP) is 6.34. The molecule has 11 nitrogen and oxygen atoms in total. The van der Waals surface area contributed by atoms with Crippen molar-refractivity contribution in [3.05, 3.63) is 123 Å². The number of fused-ring (bicyclic) bond motifs is 1. The van der Waals surface area contributed by atoms with E-state index in [1.165, 1.54) is 15.8 Å². The highest BCUT2D eigenvalue weighted by Gasteiger charge is 2.41. The van der Waals surface area contributed by atoms with Gasteiger partial charge in [0.1, 0.15) is 17.1 Å². The molecule has 8 rings (SSSR count). The number of carbonyl (C=O) groups excluding carboxylic acids is 1. The fraction of sp³-hybridized carbons (Fsp3) is 0.341. The van der Waals surface area contributed by atoms with Crippen LogP contribution < -0.4 is 10.3 Å². The third-order valence-corrected chi connectivity index (χ3v) is 12.2. The van der Waals surface area contributed by atoms with Crippen molar-refractivity contribution in [1.29, 1.82) is 0 Å². The molecule has 13 heteroatoms. The van der Waals surface area contributed by atoms with Crippen LogP contribution in [0.3, 0.4) is 0 Å². The first kappa shape index (κ1) is 36.1. The van der Waals surface area contributed by atoms with Crippen LogP contribution in [0.25, 0.3) is 27.3 Å². The van der Waals surface area contributed by atoms with Gasteiger partial charge in [-0.2, -0.15) is 0 Å². The zero-order valence-electron chi connectivity index (χ0n) is 30.3. The molecule has 0 unspecified atom stereocenters. The minimum Gasteiger partial charge on any atom is -0.495 e. The molecule has 0 saturated carbocycles. The number of hydrogen-bond acceptors (Lipinski definition) is 9. The number of nitrogens with zero attached hydrogens (tertiary/aromatic N) is 7. The van der Waals surface area contributed by atoms with Gasteiger partial charge in [0, 0.05) is 78.8 Å². The highest BCUT2D eigenvalue weighted by Crippen LogP contribution is 2.37. The summed E-state index contributed by atoms with van der Waals surface area (Å²) in [6.07, 6.45) is 8.60. The lowest BCUT2D eigenvalue weighted by atomic mass is 9.79. The number of aryl methyl sites for hydroxylation is 1. The molecule has 2 atom stereocenters. The summed E-state index contributed by atoms with van der Waals surface area (Å²) >= 11 is 7.91. The number of rotatable bonds is 9. The number of halogens is 1. The van der Waals surface area contributed by atoms with Crippen LogP contribution in [0.4, 0.5) is 0 Å². The highest BCUT2D eigenvalue weighted by atomic mass is 35.5. The first-order valence-electron chi connectivity index (χ1n) is 18.2. The number of thiazole rings is 1. The van der Waals surface area contributed by atoms with Gasteiger partial charge in [-0.15, -0.1) is 11.3 Å². The van der Waals surface area contributed by atoms with Gasteiger partial charge in [0.25, 0.3) is 5.56 Å². The van der Waals surface area contributed by atoms with Gasteiger partial charge in [-0.05, 0) is 68.6 Å². The minimum atomic E-state index is -1.15. The van der Waals surface area contributed by atoms with Gasteiger partial charge in [-0.3, -0.25) is 24.0 Å². The number of piperidine rings is 2. The Hall–Kier alpha value is -4.88. The number of hydrogen-bond donors (Lipinski definition) is 1. The second kappa shape index (κ2) is 15.1. The van der Waals surface area contributed by atoms with Crippen molar-refractivity contribution in [2.75, 3.05) is 33.3 Å². The molecular weight excluding hydrogens is 722 g/mol. The highest BCUT2D eigenvalue weighted by molar-refractivity contribution is 7.15. The Morgan fingerprint density at radius 2 is 1.83 bits per heavy atom. The summed E-state index contributed by atoms with van der Waals surface area (Å²) < 4.78 is 8.66. The van der Waals surface area contributed by atoms with Crippen LogP contribution in [0.1, 0.15) is 41.3 Å². The third-order valence-electron chi connectivity index (χ3n) is 10.9. The van der Waals surface area contributed by atoms with Crippen LogP contribution >= 0.6 is 22.9 Å². The maximum Gasteiger partial charge on any atom is 0.262 e. The normalized spacial score (nSPS) is 18.9. The summed E-state index contributed by atoms with van der Waals surface area (Å²) in [5.41, 5.74) is 3.05. The van der Waals surface area contributed by atoms with E-state index in [4.69, 9.17) is 16.3 Å². The van der Waals surface area contributed by atoms with Gasteiger partial charge in [0.15, 0.2) is 5.65 Å². The molecular formula is C41H42ClN7O4S. The number of carbonyl (C=O) groups is 1. The summed E-state index contributed by atoms with van der Waals surface area (Å²) in [6, 6.07) is 21.5. The van der Waals surface area contributed by atoms with Crippen LogP contribution in [0.5, 0.6) is 5.75 Å². The molecule has 2 fully saturated rings. The minimum absolute atomic E-state index is 0.0413. The number of benzene rings is 2. The quantitative estimate of drug-likeness (QED) is 0.182. The van der Waals surface area contributed by atoms with Gasteiger partial charge in [0.2, 0.25) is 5.91 Å². The van der Waals surface area contributed by atoms with E-state index >= 15 is 0 Å². The Bertz CT molecular complexity index is 2330. The Labute approximate surface area is 322 Å². The molecule has 1 N–H and O–H groups in total. The molecule has 54 heavy (non-hydrogen) atoms. The molecule has 6 heterocycles. The molecule has 2 aromatic carbocycles. The van der Waals surface area contributed by atoms with E-state index in [-0.39, 0.29) is 29.8 Å². The summed E-state index contributed by atoms with van der Waals surface area (Å²) in [5.74, 6) is 0.539.